The van der Waals surface area contributed by atoms with E-state index in [1.165, 1.54) is 0 Å². The van der Waals surface area contributed by atoms with Gasteiger partial charge in [-0.05, 0) is 18.8 Å². The van der Waals surface area contributed by atoms with E-state index in [1.807, 2.05) is 27.7 Å². The van der Waals surface area contributed by atoms with Crippen molar-refractivity contribution in [2.24, 2.45) is 5.41 Å². The Hall–Kier alpha value is -1.32. The number of carboxylic acid groups (broad SMARTS) is 1. The molecule has 0 bridgehead atoms. The number of aliphatic carboxylic acids is 1. The van der Waals surface area contributed by atoms with Crippen molar-refractivity contribution in [2.75, 3.05) is 6.54 Å². The van der Waals surface area contributed by atoms with Gasteiger partial charge in [0.25, 0.3) is 0 Å². The van der Waals surface area contributed by atoms with Crippen molar-refractivity contribution in [3.05, 3.63) is 11.6 Å². The second-order valence-corrected chi connectivity index (χ2v) is 4.87. The lowest BCUT2D eigenvalue weighted by Crippen LogP contribution is -2.24. The Morgan fingerprint density at radius 2 is 1.88 bits per heavy atom. The van der Waals surface area contributed by atoms with Crippen molar-refractivity contribution in [2.45, 2.75) is 40.5 Å². The van der Waals surface area contributed by atoms with E-state index in [1.54, 1.807) is 6.08 Å². The zero-order valence-corrected chi connectivity index (χ0v) is 10.5. The second-order valence-electron chi connectivity index (χ2n) is 4.87. The molecule has 0 aliphatic rings. The first kappa shape index (κ1) is 14.7. The van der Waals surface area contributed by atoms with E-state index in [2.05, 4.69) is 5.32 Å². The SMILES string of the molecule is CC(=CC(=O)NCCCC(=O)O)C(C)(C)C. The number of carbonyl (C=O) groups is 2. The lowest BCUT2D eigenvalue weighted by atomic mass is 9.87. The Morgan fingerprint density at radius 3 is 2.31 bits per heavy atom. The average Bonchev–Trinajstić information content (AvgIpc) is 2.10. The zero-order chi connectivity index (χ0) is 12.8. The van der Waals surface area contributed by atoms with Crippen LogP contribution in [0.15, 0.2) is 11.6 Å². The molecule has 0 aromatic rings. The third kappa shape index (κ3) is 7.04. The van der Waals surface area contributed by atoms with Crippen LogP contribution in [0.4, 0.5) is 0 Å². The normalized spacial score (nSPS) is 12.4. The van der Waals surface area contributed by atoms with E-state index < -0.39 is 5.97 Å². The monoisotopic (exact) mass is 227 g/mol. The third-order valence-corrected chi connectivity index (χ3v) is 2.40. The lowest BCUT2D eigenvalue weighted by molar-refractivity contribution is -0.137. The maximum atomic E-state index is 11.4. The number of carboxylic acids is 1. The van der Waals surface area contributed by atoms with Gasteiger partial charge >= 0.3 is 5.97 Å². The lowest BCUT2D eigenvalue weighted by Gasteiger charge is -2.19. The van der Waals surface area contributed by atoms with E-state index in [4.69, 9.17) is 5.11 Å². The highest BCUT2D eigenvalue weighted by molar-refractivity contribution is 5.88. The number of carbonyl (C=O) groups excluding carboxylic acids is 1. The van der Waals surface area contributed by atoms with E-state index in [0.29, 0.717) is 13.0 Å². The van der Waals surface area contributed by atoms with Crippen molar-refractivity contribution in [3.8, 4) is 0 Å². The number of allylic oxidation sites excluding steroid dienone is 1. The molecule has 0 spiro atoms. The molecular formula is C12H21NO3. The summed E-state index contributed by atoms with van der Waals surface area (Å²) in [6.07, 6.45) is 2.12. The van der Waals surface area contributed by atoms with Crippen LogP contribution in [0.3, 0.4) is 0 Å². The van der Waals surface area contributed by atoms with Crippen LogP contribution in [-0.2, 0) is 9.59 Å². The molecule has 0 rings (SSSR count). The first-order valence-electron chi connectivity index (χ1n) is 5.42. The average molecular weight is 227 g/mol. The highest BCUT2D eigenvalue weighted by Crippen LogP contribution is 2.23. The van der Waals surface area contributed by atoms with Gasteiger partial charge in [0.15, 0.2) is 0 Å². The summed E-state index contributed by atoms with van der Waals surface area (Å²) in [5, 5.41) is 11.1. The molecule has 92 valence electrons. The molecule has 0 heterocycles. The van der Waals surface area contributed by atoms with E-state index in [9.17, 15) is 9.59 Å². The molecule has 0 radical (unpaired) electrons. The summed E-state index contributed by atoms with van der Waals surface area (Å²) < 4.78 is 0. The van der Waals surface area contributed by atoms with Crippen LogP contribution in [0.5, 0.6) is 0 Å². The predicted molar refractivity (Wildman–Crippen MR) is 63.1 cm³/mol. The smallest absolute Gasteiger partial charge is 0.303 e. The van der Waals surface area contributed by atoms with Crippen LogP contribution >= 0.6 is 0 Å². The van der Waals surface area contributed by atoms with Gasteiger partial charge in [-0.25, -0.2) is 0 Å². The van der Waals surface area contributed by atoms with Crippen LogP contribution in [-0.4, -0.2) is 23.5 Å². The van der Waals surface area contributed by atoms with E-state index in [0.717, 1.165) is 5.57 Å². The molecule has 0 saturated carbocycles. The van der Waals surface area contributed by atoms with Crippen molar-refractivity contribution in [3.63, 3.8) is 0 Å². The molecule has 0 fully saturated rings. The molecule has 0 unspecified atom stereocenters. The summed E-state index contributed by atoms with van der Waals surface area (Å²) in [5.74, 6) is -0.992. The molecule has 0 atom stereocenters. The fraction of sp³-hybridized carbons (Fsp3) is 0.667. The maximum absolute atomic E-state index is 11.4. The second kappa shape index (κ2) is 6.30. The van der Waals surface area contributed by atoms with Gasteiger partial charge in [-0.1, -0.05) is 26.3 Å². The Kier molecular flexibility index (Phi) is 5.78. The molecule has 2 N–H and O–H groups in total. The highest BCUT2D eigenvalue weighted by atomic mass is 16.4. The molecule has 4 heteroatoms. The van der Waals surface area contributed by atoms with Crippen molar-refractivity contribution >= 4 is 11.9 Å². The summed E-state index contributed by atoms with van der Waals surface area (Å²) in [5.41, 5.74) is 0.988. The molecule has 0 aliphatic carbocycles. The number of amides is 1. The largest absolute Gasteiger partial charge is 0.481 e. The van der Waals surface area contributed by atoms with Gasteiger partial charge in [-0.15, -0.1) is 0 Å². The van der Waals surface area contributed by atoms with E-state index >= 15 is 0 Å². The van der Waals surface area contributed by atoms with Gasteiger partial charge in [0, 0.05) is 19.0 Å². The molecule has 4 nitrogen and oxygen atoms in total. The molecule has 16 heavy (non-hydrogen) atoms. The van der Waals surface area contributed by atoms with Crippen LogP contribution in [0.25, 0.3) is 0 Å². The standard InChI is InChI=1S/C12H21NO3/c1-9(12(2,3)4)8-10(14)13-7-5-6-11(15)16/h8H,5-7H2,1-4H3,(H,13,14)(H,15,16). The van der Waals surface area contributed by atoms with Gasteiger partial charge in [0.05, 0.1) is 0 Å². The fourth-order valence-corrected chi connectivity index (χ4v) is 0.915. The Balaban J connectivity index is 3.96. The van der Waals surface area contributed by atoms with Gasteiger partial charge in [-0.3, -0.25) is 9.59 Å². The van der Waals surface area contributed by atoms with Crippen LogP contribution < -0.4 is 5.32 Å². The van der Waals surface area contributed by atoms with Gasteiger partial charge in [0.1, 0.15) is 0 Å². The first-order valence-corrected chi connectivity index (χ1v) is 5.42. The highest BCUT2D eigenvalue weighted by Gasteiger charge is 2.13. The van der Waals surface area contributed by atoms with Crippen LogP contribution in [0.1, 0.15) is 40.5 Å². The summed E-state index contributed by atoms with van der Waals surface area (Å²) in [6.45, 7) is 8.43. The minimum absolute atomic E-state index is 0.0155. The number of hydrogen-bond acceptors (Lipinski definition) is 2. The molecule has 0 aliphatic heterocycles. The Morgan fingerprint density at radius 1 is 1.31 bits per heavy atom. The van der Waals surface area contributed by atoms with Gasteiger partial charge < -0.3 is 10.4 Å². The summed E-state index contributed by atoms with van der Waals surface area (Å²) >= 11 is 0. The molecule has 0 aromatic carbocycles. The molecular weight excluding hydrogens is 206 g/mol. The van der Waals surface area contributed by atoms with Gasteiger partial charge in [0.2, 0.25) is 5.91 Å². The van der Waals surface area contributed by atoms with Crippen LogP contribution in [0, 0.1) is 5.41 Å². The summed E-state index contributed by atoms with van der Waals surface area (Å²) in [4.78, 5) is 21.6. The third-order valence-electron chi connectivity index (χ3n) is 2.40. The van der Waals surface area contributed by atoms with Crippen LogP contribution in [0.2, 0.25) is 0 Å². The zero-order valence-electron chi connectivity index (χ0n) is 10.5. The van der Waals surface area contributed by atoms with Crippen molar-refractivity contribution in [1.82, 2.24) is 5.32 Å². The molecule has 1 amide bonds. The predicted octanol–water partition coefficient (Wildman–Crippen LogP) is 1.96. The number of hydrogen-bond donors (Lipinski definition) is 2. The minimum atomic E-state index is -0.837. The topological polar surface area (TPSA) is 66.4 Å². The number of rotatable bonds is 5. The van der Waals surface area contributed by atoms with Crippen molar-refractivity contribution in [1.29, 1.82) is 0 Å². The van der Waals surface area contributed by atoms with E-state index in [-0.39, 0.29) is 17.7 Å². The number of nitrogens with one attached hydrogen (secondary N) is 1. The minimum Gasteiger partial charge on any atom is -0.481 e. The quantitative estimate of drug-likeness (QED) is 0.557. The molecule has 0 saturated heterocycles. The first-order chi connectivity index (χ1) is 7.23. The maximum Gasteiger partial charge on any atom is 0.303 e. The van der Waals surface area contributed by atoms with Gasteiger partial charge in [-0.2, -0.15) is 0 Å². The Bertz CT molecular complexity index is 287. The molecule has 0 aromatic heterocycles. The fourth-order valence-electron chi connectivity index (χ4n) is 0.915. The summed E-state index contributed by atoms with van der Waals surface area (Å²) in [7, 11) is 0. The Labute approximate surface area is 96.7 Å². The van der Waals surface area contributed by atoms with Crippen molar-refractivity contribution < 1.29 is 14.7 Å². The summed E-state index contributed by atoms with van der Waals surface area (Å²) in [6, 6.07) is 0.